The van der Waals surface area contributed by atoms with E-state index in [1.54, 1.807) is 41.3 Å². The van der Waals surface area contributed by atoms with E-state index in [9.17, 15) is 50.1 Å². The van der Waals surface area contributed by atoms with Crippen LogP contribution in [0.4, 0.5) is 24.5 Å². The molecule has 5 N–H and O–H groups in total. The Balaban J connectivity index is 1.14. The molecule has 1 saturated heterocycles. The fourth-order valence-electron chi connectivity index (χ4n) is 7.66. The first-order valence-corrected chi connectivity index (χ1v) is 25.1. The molecule has 0 saturated carbocycles. The van der Waals surface area contributed by atoms with Gasteiger partial charge in [-0.3, -0.25) is 9.69 Å². The monoisotopic (exact) mass is 974 g/mol. The van der Waals surface area contributed by atoms with Crippen molar-refractivity contribution in [3.05, 3.63) is 137 Å². The number of hydrogen-bond donors (Lipinski definition) is 5. The van der Waals surface area contributed by atoms with Crippen molar-refractivity contribution in [2.75, 3.05) is 61.9 Å². The number of aliphatic hydroxyl groups excluding tert-OH is 3. The number of carbonyl (C=O) groups is 1. The van der Waals surface area contributed by atoms with Crippen LogP contribution in [0.2, 0.25) is 5.02 Å². The molecule has 1 unspecified atom stereocenters. The van der Waals surface area contributed by atoms with Crippen LogP contribution in [0.3, 0.4) is 0 Å². The SMILES string of the molecule is O=C(NS(=O)(=O)c1ccc(NC(CCN(CCO)CCO)CSc2ccccc2)c(S(=O)(=O)C(F)(F)F)c1)c1ccc(N2CCC([C@@H](O)c3ccccc3-c3ccc(Cl)cc3)CC2)cc1. The molecule has 1 aliphatic heterocycles. The predicted molar refractivity (Wildman–Crippen MR) is 247 cm³/mol. The summed E-state index contributed by atoms with van der Waals surface area (Å²) in [5.74, 6) is -0.871. The van der Waals surface area contributed by atoms with Crippen molar-refractivity contribution in [2.24, 2.45) is 5.92 Å². The number of sulfone groups is 1. The molecule has 5 aromatic carbocycles. The molecule has 348 valence electrons. The third kappa shape index (κ3) is 12.8. The largest absolute Gasteiger partial charge is 0.501 e. The van der Waals surface area contributed by atoms with E-state index in [0.29, 0.717) is 37.0 Å². The summed E-state index contributed by atoms with van der Waals surface area (Å²) in [5.41, 5.74) is -2.95. The van der Waals surface area contributed by atoms with Gasteiger partial charge in [0.05, 0.1) is 29.9 Å². The number of rotatable bonds is 20. The molecule has 0 radical (unpaired) electrons. The standard InChI is InChI=1S/C46H50ClF3N4O8S3/c47-35-14-10-32(11-15-35)40-8-4-5-9-41(40)44(57)33-20-24-54(25-21-33)37-16-12-34(13-17-37)45(58)52-65(61,62)39-18-19-42(43(30-39)64(59,60)46(48,49)50)51-36(22-23-53(26-28-55)27-29-56)31-63-38-6-2-1-3-7-38/h1-19,30,33,36,44,51,55-57H,20-29,31H2,(H,52,58)/t36?,44-/m1/s1. The van der Waals surface area contributed by atoms with E-state index < -0.39 is 58.9 Å². The first-order chi connectivity index (χ1) is 31.0. The number of alkyl halides is 3. The Labute approximate surface area is 386 Å². The lowest BCUT2D eigenvalue weighted by molar-refractivity contribution is -0.0435. The lowest BCUT2D eigenvalue weighted by Crippen LogP contribution is -2.36. The molecule has 0 aliphatic carbocycles. The maximum absolute atomic E-state index is 14.2. The van der Waals surface area contributed by atoms with E-state index in [1.807, 2.05) is 59.3 Å². The number of amides is 1. The zero-order valence-electron chi connectivity index (χ0n) is 35.1. The Morgan fingerprint density at radius 3 is 2.09 bits per heavy atom. The van der Waals surface area contributed by atoms with Crippen LogP contribution < -0.4 is 14.9 Å². The topological polar surface area (TPSA) is 177 Å². The number of sulfonamides is 1. The Hall–Kier alpha value is -4.66. The fourth-order valence-corrected chi connectivity index (χ4v) is 10.8. The van der Waals surface area contributed by atoms with Crippen molar-refractivity contribution < 1.29 is 50.1 Å². The molecule has 0 bridgehead atoms. The number of nitrogens with zero attached hydrogens (tertiary/aromatic N) is 2. The lowest BCUT2D eigenvalue weighted by atomic mass is 9.84. The summed E-state index contributed by atoms with van der Waals surface area (Å²) in [6.07, 6.45) is 0.853. The van der Waals surface area contributed by atoms with Crippen LogP contribution in [0.5, 0.6) is 0 Å². The third-order valence-corrected chi connectivity index (χ3v) is 15.5. The van der Waals surface area contributed by atoms with E-state index in [1.165, 1.54) is 23.9 Å². The molecule has 12 nitrogen and oxygen atoms in total. The predicted octanol–water partition coefficient (Wildman–Crippen LogP) is 7.62. The molecule has 2 atom stereocenters. The van der Waals surface area contributed by atoms with E-state index >= 15 is 0 Å². The van der Waals surface area contributed by atoms with Gasteiger partial charge in [-0.2, -0.15) is 13.2 Å². The van der Waals surface area contributed by atoms with E-state index in [-0.39, 0.29) is 56.5 Å². The van der Waals surface area contributed by atoms with Gasteiger partial charge in [-0.05, 0) is 109 Å². The van der Waals surface area contributed by atoms with Crippen LogP contribution in [0.15, 0.2) is 136 Å². The summed E-state index contributed by atoms with van der Waals surface area (Å²) >= 11 is 7.45. The average Bonchev–Trinajstić information content (AvgIpc) is 3.30. The second kappa shape index (κ2) is 22.2. The maximum Gasteiger partial charge on any atom is 0.501 e. The minimum atomic E-state index is -6.13. The van der Waals surface area contributed by atoms with Crippen molar-refractivity contribution >= 4 is 60.5 Å². The normalized spacial score (nSPS) is 14.9. The van der Waals surface area contributed by atoms with Gasteiger partial charge in [-0.15, -0.1) is 11.8 Å². The molecule has 0 spiro atoms. The van der Waals surface area contributed by atoms with Crippen LogP contribution in [-0.2, 0) is 19.9 Å². The number of anilines is 2. The van der Waals surface area contributed by atoms with Crippen molar-refractivity contribution in [2.45, 2.75) is 51.6 Å². The van der Waals surface area contributed by atoms with Crippen LogP contribution in [0.1, 0.15) is 41.3 Å². The number of hydrogen-bond acceptors (Lipinski definition) is 12. The fraction of sp³-hybridized carbons (Fsp3) is 0.326. The van der Waals surface area contributed by atoms with Crippen LogP contribution in [0.25, 0.3) is 11.1 Å². The molecule has 6 rings (SSSR count). The van der Waals surface area contributed by atoms with Gasteiger partial charge in [-0.1, -0.05) is 66.2 Å². The highest BCUT2D eigenvalue weighted by Gasteiger charge is 2.48. The van der Waals surface area contributed by atoms with Crippen LogP contribution in [0, 0.1) is 5.92 Å². The Morgan fingerprint density at radius 2 is 1.46 bits per heavy atom. The summed E-state index contributed by atoms with van der Waals surface area (Å²) in [6, 6.07) is 31.9. The number of piperidine rings is 1. The molecule has 65 heavy (non-hydrogen) atoms. The molecule has 1 fully saturated rings. The summed E-state index contributed by atoms with van der Waals surface area (Å²) in [4.78, 5) is 15.7. The number of thioether (sulfide) groups is 1. The Morgan fingerprint density at radius 1 is 0.831 bits per heavy atom. The van der Waals surface area contributed by atoms with Gasteiger partial charge >= 0.3 is 5.51 Å². The summed E-state index contributed by atoms with van der Waals surface area (Å²) in [5, 5.41) is 33.9. The number of halogens is 4. The highest BCUT2D eigenvalue weighted by atomic mass is 35.5. The van der Waals surface area contributed by atoms with Gasteiger partial charge in [0.15, 0.2) is 0 Å². The van der Waals surface area contributed by atoms with E-state index in [2.05, 4.69) is 10.2 Å². The smallest absolute Gasteiger partial charge is 0.395 e. The molecule has 0 aromatic heterocycles. The molecular formula is C46H50ClF3N4O8S3. The van der Waals surface area contributed by atoms with Gasteiger partial charge in [0.25, 0.3) is 25.8 Å². The lowest BCUT2D eigenvalue weighted by Gasteiger charge is -2.36. The van der Waals surface area contributed by atoms with Crippen molar-refractivity contribution in [1.29, 1.82) is 0 Å². The van der Waals surface area contributed by atoms with Gasteiger partial charge in [0.1, 0.15) is 4.90 Å². The Bertz CT molecular complexity index is 2580. The highest BCUT2D eigenvalue weighted by Crippen LogP contribution is 2.39. The van der Waals surface area contributed by atoms with Gasteiger partial charge in [-0.25, -0.2) is 21.6 Å². The summed E-state index contributed by atoms with van der Waals surface area (Å²) in [6.45, 7) is 1.47. The zero-order chi connectivity index (χ0) is 46.8. The molecule has 1 amide bonds. The van der Waals surface area contributed by atoms with Crippen LogP contribution in [-0.4, -0.2) is 106 Å². The van der Waals surface area contributed by atoms with E-state index in [4.69, 9.17) is 11.6 Å². The molecule has 1 heterocycles. The number of aliphatic hydroxyl groups is 3. The highest BCUT2D eigenvalue weighted by molar-refractivity contribution is 7.99. The van der Waals surface area contributed by atoms with Crippen molar-refractivity contribution in [3.8, 4) is 11.1 Å². The minimum absolute atomic E-state index is 0.0303. The van der Waals surface area contributed by atoms with Crippen LogP contribution >= 0.6 is 23.4 Å². The second-order valence-corrected chi connectivity index (χ2v) is 20.6. The van der Waals surface area contributed by atoms with Gasteiger partial charge in [0.2, 0.25) is 0 Å². The molecule has 19 heteroatoms. The quantitative estimate of drug-likeness (QED) is 0.0484. The zero-order valence-corrected chi connectivity index (χ0v) is 38.3. The number of carbonyl (C=O) groups excluding carboxylic acids is 1. The Kier molecular flexibility index (Phi) is 17.0. The second-order valence-electron chi connectivity index (χ2n) is 15.5. The number of nitrogens with one attached hydrogen (secondary N) is 2. The molecule has 1 aliphatic rings. The first kappa shape index (κ1) is 49.8. The van der Waals surface area contributed by atoms with Crippen molar-refractivity contribution in [3.63, 3.8) is 0 Å². The van der Waals surface area contributed by atoms with Crippen molar-refractivity contribution in [1.82, 2.24) is 9.62 Å². The summed E-state index contributed by atoms with van der Waals surface area (Å²) < 4.78 is 97.4. The summed E-state index contributed by atoms with van der Waals surface area (Å²) in [7, 11) is -11.0. The molecular weight excluding hydrogens is 925 g/mol. The minimum Gasteiger partial charge on any atom is -0.395 e. The average molecular weight is 976 g/mol. The first-order valence-electron chi connectivity index (χ1n) is 20.8. The third-order valence-electron chi connectivity index (χ3n) is 11.2. The molecule has 5 aromatic rings. The maximum atomic E-state index is 14.2. The van der Waals surface area contributed by atoms with Gasteiger partial charge in [0, 0.05) is 65.7 Å². The number of benzene rings is 5. The van der Waals surface area contributed by atoms with E-state index in [0.717, 1.165) is 39.4 Å². The van der Waals surface area contributed by atoms with Gasteiger partial charge < -0.3 is 25.5 Å².